The molecule has 0 aromatic heterocycles. The van der Waals surface area contributed by atoms with Crippen molar-refractivity contribution >= 4 is 33.0 Å². The van der Waals surface area contributed by atoms with Crippen molar-refractivity contribution in [3.63, 3.8) is 0 Å². The van der Waals surface area contributed by atoms with E-state index in [4.69, 9.17) is 5.73 Å². The summed E-state index contributed by atoms with van der Waals surface area (Å²) < 4.78 is 0. The quantitative estimate of drug-likeness (QED) is 0.328. The van der Waals surface area contributed by atoms with E-state index < -0.39 is 0 Å². The summed E-state index contributed by atoms with van der Waals surface area (Å²) in [4.78, 5) is 12.7. The molecule has 110 valence electrons. The van der Waals surface area contributed by atoms with E-state index in [1.165, 1.54) is 5.39 Å². The molecule has 0 aliphatic rings. The number of nitrogens with two attached hydrogens (primary N) is 1. The maximum absolute atomic E-state index is 12.7. The minimum atomic E-state index is -0.0434. The van der Waals surface area contributed by atoms with Gasteiger partial charge in [-0.2, -0.15) is 0 Å². The van der Waals surface area contributed by atoms with Crippen LogP contribution in [0.5, 0.6) is 0 Å². The van der Waals surface area contributed by atoms with Crippen LogP contribution in [0, 0.1) is 0 Å². The monoisotopic (exact) mass is 297 g/mol. The van der Waals surface area contributed by atoms with Gasteiger partial charge in [-0.05, 0) is 45.8 Å². The Morgan fingerprint density at radius 2 is 1.22 bits per heavy atom. The van der Waals surface area contributed by atoms with E-state index in [0.29, 0.717) is 16.8 Å². The van der Waals surface area contributed by atoms with Gasteiger partial charge in [0.15, 0.2) is 5.78 Å². The molecule has 0 amide bonds. The van der Waals surface area contributed by atoms with Crippen molar-refractivity contribution in [2.24, 2.45) is 0 Å². The normalized spacial score (nSPS) is 11.0. The van der Waals surface area contributed by atoms with E-state index >= 15 is 0 Å². The molecular formula is C21H15NO. The lowest BCUT2D eigenvalue weighted by atomic mass is 9.96. The predicted molar refractivity (Wildman–Crippen MR) is 95.7 cm³/mol. The Bertz CT molecular complexity index is 1040. The standard InChI is InChI=1S/C21H15NO/c22-20-13-18-11-16-9-5-4-8-15(16)10-17(18)12-19(20)21(23)14-6-2-1-3-7-14/h1-13H,22H2. The molecule has 0 saturated heterocycles. The number of hydrogen-bond acceptors (Lipinski definition) is 2. The molecule has 0 fully saturated rings. The van der Waals surface area contributed by atoms with Gasteiger partial charge in [0.05, 0.1) is 0 Å². The molecular weight excluding hydrogens is 282 g/mol. The summed E-state index contributed by atoms with van der Waals surface area (Å²) in [5.74, 6) is -0.0434. The summed E-state index contributed by atoms with van der Waals surface area (Å²) in [5.41, 5.74) is 7.87. The SMILES string of the molecule is Nc1cc2cc3ccccc3cc2cc1C(=O)c1ccccc1. The minimum absolute atomic E-state index is 0.0434. The zero-order valence-electron chi connectivity index (χ0n) is 12.5. The summed E-state index contributed by atoms with van der Waals surface area (Å²) >= 11 is 0. The third-order valence-corrected chi connectivity index (χ3v) is 4.15. The van der Waals surface area contributed by atoms with E-state index in [0.717, 1.165) is 16.2 Å². The van der Waals surface area contributed by atoms with E-state index in [2.05, 4.69) is 24.3 Å². The lowest BCUT2D eigenvalue weighted by Gasteiger charge is -2.09. The molecule has 2 heteroatoms. The van der Waals surface area contributed by atoms with Crippen molar-refractivity contribution in [2.45, 2.75) is 0 Å². The van der Waals surface area contributed by atoms with Crippen molar-refractivity contribution in [3.8, 4) is 0 Å². The topological polar surface area (TPSA) is 43.1 Å². The second kappa shape index (κ2) is 5.25. The van der Waals surface area contributed by atoms with Gasteiger partial charge in [-0.1, -0.05) is 54.6 Å². The minimum Gasteiger partial charge on any atom is -0.398 e. The van der Waals surface area contributed by atoms with Crippen molar-refractivity contribution in [1.82, 2.24) is 0 Å². The maximum atomic E-state index is 12.7. The molecule has 4 rings (SSSR count). The van der Waals surface area contributed by atoms with Crippen LogP contribution < -0.4 is 5.73 Å². The highest BCUT2D eigenvalue weighted by molar-refractivity contribution is 6.15. The highest BCUT2D eigenvalue weighted by Crippen LogP contribution is 2.28. The first-order valence-corrected chi connectivity index (χ1v) is 7.54. The Morgan fingerprint density at radius 3 is 1.87 bits per heavy atom. The second-order valence-electron chi connectivity index (χ2n) is 5.68. The first kappa shape index (κ1) is 13.5. The fraction of sp³-hybridized carbons (Fsp3) is 0. The molecule has 4 aromatic carbocycles. The molecule has 0 radical (unpaired) electrons. The fourth-order valence-electron chi connectivity index (χ4n) is 2.95. The number of carbonyl (C=O) groups is 1. The Labute approximate surface area is 134 Å². The summed E-state index contributed by atoms with van der Waals surface area (Å²) in [6.45, 7) is 0. The third kappa shape index (κ3) is 2.34. The van der Waals surface area contributed by atoms with Gasteiger partial charge in [0.1, 0.15) is 0 Å². The van der Waals surface area contributed by atoms with Crippen molar-refractivity contribution in [2.75, 3.05) is 5.73 Å². The number of ketones is 1. The number of anilines is 1. The van der Waals surface area contributed by atoms with Crippen LogP contribution >= 0.6 is 0 Å². The molecule has 23 heavy (non-hydrogen) atoms. The van der Waals surface area contributed by atoms with Crippen LogP contribution in [0.1, 0.15) is 15.9 Å². The fourth-order valence-corrected chi connectivity index (χ4v) is 2.95. The van der Waals surface area contributed by atoms with Gasteiger partial charge in [-0.15, -0.1) is 0 Å². The Balaban J connectivity index is 1.92. The Morgan fingerprint density at radius 1 is 0.652 bits per heavy atom. The molecule has 0 saturated carbocycles. The molecule has 0 aliphatic carbocycles. The van der Waals surface area contributed by atoms with E-state index in [-0.39, 0.29) is 5.78 Å². The molecule has 0 unspecified atom stereocenters. The van der Waals surface area contributed by atoms with Crippen LogP contribution in [0.2, 0.25) is 0 Å². The van der Waals surface area contributed by atoms with Gasteiger partial charge < -0.3 is 5.73 Å². The van der Waals surface area contributed by atoms with Gasteiger partial charge in [-0.25, -0.2) is 0 Å². The average Bonchev–Trinajstić information content (AvgIpc) is 2.59. The number of hydrogen-bond donors (Lipinski definition) is 1. The van der Waals surface area contributed by atoms with Crippen LogP contribution in [-0.4, -0.2) is 5.78 Å². The third-order valence-electron chi connectivity index (χ3n) is 4.15. The first-order valence-electron chi connectivity index (χ1n) is 7.54. The van der Waals surface area contributed by atoms with Crippen molar-refractivity contribution in [1.29, 1.82) is 0 Å². The molecule has 0 atom stereocenters. The van der Waals surface area contributed by atoms with Crippen LogP contribution in [0.4, 0.5) is 5.69 Å². The zero-order valence-corrected chi connectivity index (χ0v) is 12.5. The molecule has 0 spiro atoms. The van der Waals surface area contributed by atoms with Gasteiger partial charge in [0, 0.05) is 16.8 Å². The smallest absolute Gasteiger partial charge is 0.195 e. The van der Waals surface area contributed by atoms with Crippen LogP contribution in [-0.2, 0) is 0 Å². The lowest BCUT2D eigenvalue weighted by Crippen LogP contribution is -2.05. The molecule has 2 N–H and O–H groups in total. The number of benzene rings is 4. The van der Waals surface area contributed by atoms with E-state index in [1.807, 2.05) is 54.6 Å². The zero-order chi connectivity index (χ0) is 15.8. The number of rotatable bonds is 2. The summed E-state index contributed by atoms with van der Waals surface area (Å²) in [5, 5.41) is 4.40. The van der Waals surface area contributed by atoms with Gasteiger partial charge in [0.25, 0.3) is 0 Å². The van der Waals surface area contributed by atoms with Gasteiger partial charge >= 0.3 is 0 Å². The van der Waals surface area contributed by atoms with Gasteiger partial charge in [-0.3, -0.25) is 4.79 Å². The van der Waals surface area contributed by atoms with Crippen molar-refractivity contribution in [3.05, 3.63) is 90.0 Å². The number of fused-ring (bicyclic) bond motifs is 2. The summed E-state index contributed by atoms with van der Waals surface area (Å²) in [6.07, 6.45) is 0. The van der Waals surface area contributed by atoms with Crippen molar-refractivity contribution < 1.29 is 4.79 Å². The Kier molecular flexibility index (Phi) is 3.09. The summed E-state index contributed by atoms with van der Waals surface area (Å²) in [7, 11) is 0. The molecule has 4 aromatic rings. The molecule has 0 heterocycles. The number of carbonyl (C=O) groups excluding carboxylic acids is 1. The van der Waals surface area contributed by atoms with Crippen LogP contribution in [0.25, 0.3) is 21.5 Å². The van der Waals surface area contributed by atoms with Crippen LogP contribution in [0.3, 0.4) is 0 Å². The van der Waals surface area contributed by atoms with Crippen LogP contribution in [0.15, 0.2) is 78.9 Å². The van der Waals surface area contributed by atoms with E-state index in [9.17, 15) is 4.79 Å². The largest absolute Gasteiger partial charge is 0.398 e. The second-order valence-corrected chi connectivity index (χ2v) is 5.68. The molecule has 2 nitrogen and oxygen atoms in total. The summed E-state index contributed by atoms with van der Waals surface area (Å²) in [6, 6.07) is 25.4. The Hall–Kier alpha value is -3.13. The molecule has 0 aliphatic heterocycles. The first-order chi connectivity index (χ1) is 11.2. The predicted octanol–water partition coefficient (Wildman–Crippen LogP) is 4.81. The average molecular weight is 297 g/mol. The van der Waals surface area contributed by atoms with E-state index in [1.54, 1.807) is 0 Å². The number of nitrogen functional groups attached to an aromatic ring is 1. The van der Waals surface area contributed by atoms with Gasteiger partial charge in [0.2, 0.25) is 0 Å². The maximum Gasteiger partial charge on any atom is 0.195 e. The molecule has 0 bridgehead atoms. The highest BCUT2D eigenvalue weighted by atomic mass is 16.1. The highest BCUT2D eigenvalue weighted by Gasteiger charge is 2.13. The lowest BCUT2D eigenvalue weighted by molar-refractivity contribution is 0.103.